The van der Waals surface area contributed by atoms with Gasteiger partial charge in [-0.2, -0.15) is 4.52 Å². The number of hydrogen-bond acceptors (Lipinski definition) is 6. The fourth-order valence-corrected chi connectivity index (χ4v) is 4.05. The Morgan fingerprint density at radius 1 is 1.12 bits per heavy atom. The molecule has 7 nitrogen and oxygen atoms in total. The minimum absolute atomic E-state index is 0.0709. The maximum atomic E-state index is 13.6. The highest BCUT2D eigenvalue weighted by Crippen LogP contribution is 2.23. The molecule has 0 bridgehead atoms. The van der Waals surface area contributed by atoms with Gasteiger partial charge in [-0.15, -0.1) is 27.1 Å². The van der Waals surface area contributed by atoms with Crippen LogP contribution in [0.1, 0.15) is 19.4 Å². The zero-order valence-electron chi connectivity index (χ0n) is 18.4. The number of fused-ring (bicyclic) bond motifs is 1. The number of aromatic nitrogens is 4. The molecule has 0 spiro atoms. The van der Waals surface area contributed by atoms with E-state index >= 15 is 0 Å². The number of amides is 1. The summed E-state index contributed by atoms with van der Waals surface area (Å²) in [6.07, 6.45) is 0.314. The second-order valence-corrected chi connectivity index (χ2v) is 9.31. The summed E-state index contributed by atoms with van der Waals surface area (Å²) in [6, 6.07) is 17.5. The molecule has 1 amide bonds. The Hall–Kier alpha value is -3.46. The third-order valence-electron chi connectivity index (χ3n) is 4.66. The second-order valence-electron chi connectivity index (χ2n) is 7.66. The summed E-state index contributed by atoms with van der Waals surface area (Å²) in [5.41, 5.74) is 2.05. The molecule has 0 saturated carbocycles. The molecule has 0 aliphatic carbocycles. The lowest BCUT2D eigenvalue weighted by atomic mass is 10.1. The maximum Gasteiger partial charge on any atom is 0.231 e. The zero-order valence-corrected chi connectivity index (χ0v) is 19.2. The van der Waals surface area contributed by atoms with Crippen molar-refractivity contribution < 1.29 is 13.9 Å². The summed E-state index contributed by atoms with van der Waals surface area (Å²) in [5, 5.41) is 15.9. The number of rotatable bonds is 9. The molecule has 1 N–H and O–H groups in total. The molecule has 0 aliphatic heterocycles. The van der Waals surface area contributed by atoms with E-state index < -0.39 is 0 Å². The van der Waals surface area contributed by atoms with E-state index in [0.29, 0.717) is 41.1 Å². The molecule has 0 radical (unpaired) electrons. The molecule has 2 heterocycles. The minimum atomic E-state index is -0.363. The number of ether oxygens (including phenoxy) is 1. The van der Waals surface area contributed by atoms with Crippen LogP contribution in [0.2, 0.25) is 0 Å². The van der Waals surface area contributed by atoms with Gasteiger partial charge in [0.15, 0.2) is 11.5 Å². The van der Waals surface area contributed by atoms with E-state index in [1.807, 2.05) is 24.3 Å². The van der Waals surface area contributed by atoms with E-state index in [1.54, 1.807) is 36.0 Å². The molecule has 0 unspecified atom stereocenters. The van der Waals surface area contributed by atoms with Crippen LogP contribution in [-0.2, 0) is 11.2 Å². The molecule has 0 fully saturated rings. The Labute approximate surface area is 195 Å². The van der Waals surface area contributed by atoms with E-state index in [-0.39, 0.29) is 18.3 Å². The van der Waals surface area contributed by atoms with Crippen molar-refractivity contribution in [2.45, 2.75) is 30.4 Å². The molecule has 33 heavy (non-hydrogen) atoms. The highest BCUT2D eigenvalue weighted by atomic mass is 32.2. The summed E-state index contributed by atoms with van der Waals surface area (Å²) >= 11 is 1.79. The number of thioether (sulfide) groups is 1. The summed E-state index contributed by atoms with van der Waals surface area (Å²) in [4.78, 5) is 13.4. The van der Waals surface area contributed by atoms with Gasteiger partial charge >= 0.3 is 0 Å². The van der Waals surface area contributed by atoms with E-state index in [9.17, 15) is 9.18 Å². The van der Waals surface area contributed by atoms with Crippen molar-refractivity contribution in [3.8, 4) is 17.3 Å². The van der Waals surface area contributed by atoms with Crippen molar-refractivity contribution in [1.82, 2.24) is 25.1 Å². The summed E-state index contributed by atoms with van der Waals surface area (Å²) in [7, 11) is 0. The lowest BCUT2D eigenvalue weighted by Gasteiger charge is -2.09. The third-order valence-corrected chi connectivity index (χ3v) is 5.67. The average Bonchev–Trinajstić information content (AvgIpc) is 3.21. The van der Waals surface area contributed by atoms with Gasteiger partial charge in [0.05, 0.1) is 13.0 Å². The Kier molecular flexibility index (Phi) is 7.19. The molecule has 2 aromatic heterocycles. The molecule has 170 valence electrons. The van der Waals surface area contributed by atoms with Crippen molar-refractivity contribution >= 4 is 23.3 Å². The number of hydrogen-bond donors (Lipinski definition) is 1. The van der Waals surface area contributed by atoms with Crippen LogP contribution < -0.4 is 10.1 Å². The molecule has 0 aliphatic rings. The largest absolute Gasteiger partial charge is 0.475 e. The molecule has 4 aromatic rings. The first kappa shape index (κ1) is 22.7. The Balaban J connectivity index is 1.29. The topological polar surface area (TPSA) is 81.4 Å². The summed E-state index contributed by atoms with van der Waals surface area (Å²) in [5.74, 6) is 0.338. The average molecular weight is 466 g/mol. The van der Waals surface area contributed by atoms with Gasteiger partial charge in [-0.25, -0.2) is 4.39 Å². The van der Waals surface area contributed by atoms with Crippen LogP contribution in [0, 0.1) is 5.82 Å². The van der Waals surface area contributed by atoms with Crippen LogP contribution in [0.3, 0.4) is 0 Å². The van der Waals surface area contributed by atoms with Crippen LogP contribution in [0.15, 0.2) is 65.6 Å². The Morgan fingerprint density at radius 2 is 1.94 bits per heavy atom. The zero-order chi connectivity index (χ0) is 23.2. The monoisotopic (exact) mass is 465 g/mol. The maximum absolute atomic E-state index is 13.6. The van der Waals surface area contributed by atoms with Gasteiger partial charge in [0.2, 0.25) is 11.8 Å². The molecule has 4 rings (SSSR count). The van der Waals surface area contributed by atoms with Crippen molar-refractivity contribution in [1.29, 1.82) is 0 Å². The number of nitrogens with zero attached hydrogens (tertiary/aromatic N) is 4. The van der Waals surface area contributed by atoms with Crippen molar-refractivity contribution in [3.63, 3.8) is 0 Å². The Bertz CT molecular complexity index is 1240. The van der Waals surface area contributed by atoms with Crippen LogP contribution in [-0.4, -0.2) is 44.1 Å². The fraction of sp³-hybridized carbons (Fsp3) is 0.250. The van der Waals surface area contributed by atoms with E-state index in [2.05, 4.69) is 34.5 Å². The predicted molar refractivity (Wildman–Crippen MR) is 126 cm³/mol. The van der Waals surface area contributed by atoms with Crippen LogP contribution in [0.4, 0.5) is 4.39 Å². The first-order chi connectivity index (χ1) is 16.0. The number of carbonyl (C=O) groups excluding carboxylic acids is 1. The van der Waals surface area contributed by atoms with Crippen LogP contribution in [0.5, 0.6) is 5.88 Å². The number of nitrogens with one attached hydrogen (secondary N) is 1. The molecular weight excluding hydrogens is 441 g/mol. The predicted octanol–water partition coefficient (Wildman–Crippen LogP) is 4.17. The van der Waals surface area contributed by atoms with E-state index in [1.165, 1.54) is 21.5 Å². The summed E-state index contributed by atoms with van der Waals surface area (Å²) < 4.78 is 20.7. The first-order valence-electron chi connectivity index (χ1n) is 10.6. The molecule has 0 atom stereocenters. The SMILES string of the molecule is CC(C)Sc1ccc(CC(=O)NCCOc2ccc3nnc(-c4cccc(F)c4)n3n2)cc1. The van der Waals surface area contributed by atoms with Crippen LogP contribution >= 0.6 is 11.8 Å². The number of carbonyl (C=O) groups is 1. The number of benzene rings is 2. The van der Waals surface area contributed by atoms with Gasteiger partial charge in [-0.3, -0.25) is 4.79 Å². The molecule has 9 heteroatoms. The molecule has 0 saturated heterocycles. The normalized spacial score (nSPS) is 11.2. The smallest absolute Gasteiger partial charge is 0.231 e. The van der Waals surface area contributed by atoms with Crippen molar-refractivity contribution in [3.05, 3.63) is 72.0 Å². The van der Waals surface area contributed by atoms with Crippen molar-refractivity contribution in [2.75, 3.05) is 13.2 Å². The van der Waals surface area contributed by atoms with Gasteiger partial charge in [-0.05, 0) is 35.9 Å². The summed E-state index contributed by atoms with van der Waals surface area (Å²) in [6.45, 7) is 4.90. The third kappa shape index (κ3) is 6.07. The highest BCUT2D eigenvalue weighted by Gasteiger charge is 2.11. The van der Waals surface area contributed by atoms with Gasteiger partial charge in [-0.1, -0.05) is 38.1 Å². The van der Waals surface area contributed by atoms with E-state index in [0.717, 1.165) is 5.56 Å². The van der Waals surface area contributed by atoms with Gasteiger partial charge in [0.1, 0.15) is 12.4 Å². The highest BCUT2D eigenvalue weighted by molar-refractivity contribution is 7.99. The lowest BCUT2D eigenvalue weighted by Crippen LogP contribution is -2.29. The van der Waals surface area contributed by atoms with Crippen LogP contribution in [0.25, 0.3) is 17.0 Å². The van der Waals surface area contributed by atoms with Gasteiger partial charge < -0.3 is 10.1 Å². The minimum Gasteiger partial charge on any atom is -0.475 e. The van der Waals surface area contributed by atoms with E-state index in [4.69, 9.17) is 4.74 Å². The molecule has 2 aromatic carbocycles. The quantitative estimate of drug-likeness (QED) is 0.295. The standard InChI is InChI=1S/C24H24FN5O2S/c1-16(2)33-20-8-6-17(7-9-20)14-22(31)26-12-13-32-23-11-10-21-27-28-24(30(21)29-23)18-4-3-5-19(25)15-18/h3-11,15-16H,12-14H2,1-2H3,(H,26,31). The first-order valence-corrected chi connectivity index (χ1v) is 11.5. The molecular formula is C24H24FN5O2S. The van der Waals surface area contributed by atoms with Gasteiger partial charge in [0.25, 0.3) is 0 Å². The Morgan fingerprint density at radius 3 is 2.70 bits per heavy atom. The lowest BCUT2D eigenvalue weighted by molar-refractivity contribution is -0.120. The van der Waals surface area contributed by atoms with Crippen molar-refractivity contribution in [2.24, 2.45) is 0 Å². The van der Waals surface area contributed by atoms with Gasteiger partial charge in [0, 0.05) is 21.8 Å². The second kappa shape index (κ2) is 10.4. The fourth-order valence-electron chi connectivity index (χ4n) is 3.21. The number of halogens is 1.